The van der Waals surface area contributed by atoms with Crippen LogP contribution in [0.5, 0.6) is 0 Å². The summed E-state index contributed by atoms with van der Waals surface area (Å²) in [6, 6.07) is 2.34. The van der Waals surface area contributed by atoms with Crippen molar-refractivity contribution in [3.05, 3.63) is 0 Å². The van der Waals surface area contributed by atoms with E-state index in [1.807, 2.05) is 12.1 Å². The fraction of sp³-hybridized carbons (Fsp3) is 0.800. The molecule has 1 amide bonds. The molecule has 1 saturated carbocycles. The summed E-state index contributed by atoms with van der Waals surface area (Å²) < 4.78 is 0. The predicted molar refractivity (Wildman–Crippen MR) is 87.9 cm³/mol. The lowest BCUT2D eigenvalue weighted by molar-refractivity contribution is -0.130. The second kappa shape index (κ2) is 8.70. The van der Waals surface area contributed by atoms with Crippen LogP contribution in [0.25, 0.3) is 0 Å². The van der Waals surface area contributed by atoms with Gasteiger partial charge in [0.1, 0.15) is 12.4 Å². The van der Waals surface area contributed by atoms with Crippen LogP contribution in [-0.4, -0.2) is 60.9 Å². The van der Waals surface area contributed by atoms with Crippen LogP contribution in [0.2, 0.25) is 0 Å². The highest BCUT2D eigenvalue weighted by Crippen LogP contribution is 2.26. The fourth-order valence-electron chi connectivity index (χ4n) is 3.51. The smallest absolute Gasteiger partial charge is 0.237 e. The summed E-state index contributed by atoms with van der Waals surface area (Å²) in [6.07, 6.45) is 6.53. The van der Waals surface area contributed by atoms with E-state index in [4.69, 9.17) is 11.1 Å². The number of nitriles is 1. The number of nitrogens with zero attached hydrogens (tertiary/aromatic N) is 4. The molecule has 2 rings (SSSR count). The summed E-state index contributed by atoms with van der Waals surface area (Å²) in [4.78, 5) is 13.9. The number of carbonyl (C=O) groups is 1. The fourth-order valence-corrected chi connectivity index (χ4v) is 3.51. The van der Waals surface area contributed by atoms with E-state index in [0.29, 0.717) is 25.0 Å². The first-order valence-electron chi connectivity index (χ1n) is 8.27. The highest BCUT2D eigenvalue weighted by atomic mass is 16.2. The molecule has 1 saturated heterocycles. The van der Waals surface area contributed by atoms with E-state index in [2.05, 4.69) is 21.9 Å². The first-order valence-corrected chi connectivity index (χ1v) is 8.27. The van der Waals surface area contributed by atoms with Crippen LogP contribution in [0.1, 0.15) is 32.1 Å². The van der Waals surface area contributed by atoms with Gasteiger partial charge in [-0.3, -0.25) is 9.80 Å². The van der Waals surface area contributed by atoms with Gasteiger partial charge in [-0.1, -0.05) is 0 Å². The monoisotopic (exact) mass is 321 g/mol. The van der Waals surface area contributed by atoms with Crippen molar-refractivity contribution >= 4 is 12.2 Å². The predicted octanol–water partition coefficient (Wildman–Crippen LogP) is -0.402. The van der Waals surface area contributed by atoms with E-state index in [1.54, 1.807) is 11.2 Å². The number of likely N-dealkylation sites (tertiary alicyclic amines) is 1. The minimum Gasteiger partial charge on any atom is -0.326 e. The Morgan fingerprint density at radius 1 is 1.52 bits per heavy atom. The molecular weight excluding hydrogens is 294 g/mol. The van der Waals surface area contributed by atoms with E-state index in [0.717, 1.165) is 38.6 Å². The molecule has 23 heavy (non-hydrogen) atoms. The van der Waals surface area contributed by atoms with Crippen molar-refractivity contribution in [2.45, 2.75) is 44.2 Å². The van der Waals surface area contributed by atoms with Crippen molar-refractivity contribution in [1.82, 2.24) is 20.7 Å². The van der Waals surface area contributed by atoms with E-state index in [9.17, 15) is 4.79 Å². The molecule has 0 radical (unpaired) electrons. The van der Waals surface area contributed by atoms with Crippen LogP contribution in [0, 0.1) is 17.2 Å². The van der Waals surface area contributed by atoms with Gasteiger partial charge in [0.05, 0.1) is 12.6 Å². The normalized spacial score (nSPS) is 27.5. The van der Waals surface area contributed by atoms with Gasteiger partial charge in [0.25, 0.3) is 0 Å². The Morgan fingerprint density at radius 3 is 3.04 bits per heavy atom. The number of hydrogen-bond donors (Lipinski definition) is 3. The molecule has 0 unspecified atom stereocenters. The number of nitrogens with two attached hydrogens (primary N) is 1. The van der Waals surface area contributed by atoms with Crippen molar-refractivity contribution in [1.29, 1.82) is 5.26 Å². The zero-order valence-corrected chi connectivity index (χ0v) is 13.7. The van der Waals surface area contributed by atoms with Gasteiger partial charge in [0.15, 0.2) is 0 Å². The summed E-state index contributed by atoms with van der Waals surface area (Å²) in [7, 11) is 1.84. The third kappa shape index (κ3) is 4.81. The lowest BCUT2D eigenvalue weighted by Gasteiger charge is -2.22. The number of nitrogens with one attached hydrogen (secondary N) is 2. The Labute approximate surface area is 137 Å². The zero-order valence-electron chi connectivity index (χ0n) is 13.7. The summed E-state index contributed by atoms with van der Waals surface area (Å²) >= 11 is 0. The maximum absolute atomic E-state index is 12.2. The van der Waals surface area contributed by atoms with Crippen LogP contribution in [0.4, 0.5) is 0 Å². The minimum atomic E-state index is -0.236. The SMILES string of the molecule is CNN(/C=N\N)C[C@@H]1CC[C@H](NCC(=O)N2CCC[C@H]2C#N)C1. The zero-order chi connectivity index (χ0) is 16.7. The number of amides is 1. The van der Waals surface area contributed by atoms with E-state index in [-0.39, 0.29) is 11.9 Å². The Balaban J connectivity index is 1.71. The topological polar surface area (TPSA) is 110 Å². The molecule has 8 nitrogen and oxygen atoms in total. The molecule has 2 aliphatic rings. The number of hydrogen-bond acceptors (Lipinski definition) is 6. The standard InChI is InChI=1S/C15H27N7O/c1-18-21(11-20-17)10-12-4-5-13(7-12)19-9-15(23)22-6-2-3-14(22)8-16/h11-14,18-19H,2-7,9-10,17H2,1H3/b20-11-/t12-,13+,14+/m1/s1. The van der Waals surface area contributed by atoms with E-state index < -0.39 is 0 Å². The molecule has 0 bridgehead atoms. The Kier molecular flexibility index (Phi) is 6.62. The van der Waals surface area contributed by atoms with Crippen molar-refractivity contribution < 1.29 is 4.79 Å². The second-order valence-corrected chi connectivity index (χ2v) is 6.27. The molecule has 128 valence electrons. The molecule has 0 aromatic rings. The van der Waals surface area contributed by atoms with Gasteiger partial charge in [-0.25, -0.2) is 5.43 Å². The molecule has 0 aromatic heterocycles. The van der Waals surface area contributed by atoms with E-state index in [1.165, 1.54) is 0 Å². The molecule has 1 aliphatic heterocycles. The third-order valence-corrected chi connectivity index (χ3v) is 4.75. The maximum atomic E-state index is 12.2. The first-order chi connectivity index (χ1) is 11.2. The van der Waals surface area contributed by atoms with Gasteiger partial charge in [-0.15, -0.1) is 0 Å². The minimum absolute atomic E-state index is 0.0459. The molecule has 1 aliphatic carbocycles. The van der Waals surface area contributed by atoms with Crippen LogP contribution in [0.15, 0.2) is 5.10 Å². The number of rotatable bonds is 7. The average molecular weight is 321 g/mol. The van der Waals surface area contributed by atoms with Gasteiger partial charge in [0.2, 0.25) is 5.91 Å². The highest BCUT2D eigenvalue weighted by molar-refractivity contribution is 5.79. The average Bonchev–Trinajstić information content (AvgIpc) is 3.21. The van der Waals surface area contributed by atoms with Crippen molar-refractivity contribution in [2.75, 3.05) is 26.7 Å². The largest absolute Gasteiger partial charge is 0.326 e. The summed E-state index contributed by atoms with van der Waals surface area (Å²) in [5.41, 5.74) is 3.04. The molecule has 4 N–H and O–H groups in total. The lowest BCUT2D eigenvalue weighted by Crippen LogP contribution is -2.43. The van der Waals surface area contributed by atoms with Crippen LogP contribution >= 0.6 is 0 Å². The van der Waals surface area contributed by atoms with Crippen LogP contribution in [-0.2, 0) is 4.79 Å². The van der Waals surface area contributed by atoms with Gasteiger partial charge in [-0.2, -0.15) is 10.4 Å². The Bertz CT molecular complexity index is 461. The molecule has 3 atom stereocenters. The summed E-state index contributed by atoms with van der Waals surface area (Å²) in [5.74, 6) is 5.77. The van der Waals surface area contributed by atoms with Crippen molar-refractivity contribution in [3.63, 3.8) is 0 Å². The molecule has 0 spiro atoms. The number of hydrazine groups is 1. The maximum Gasteiger partial charge on any atom is 0.237 e. The van der Waals surface area contributed by atoms with Gasteiger partial charge in [0, 0.05) is 26.2 Å². The van der Waals surface area contributed by atoms with E-state index >= 15 is 0 Å². The second-order valence-electron chi connectivity index (χ2n) is 6.27. The molecule has 8 heteroatoms. The Morgan fingerprint density at radius 2 is 2.35 bits per heavy atom. The number of hydrazone groups is 1. The number of carbonyl (C=O) groups excluding carboxylic acids is 1. The van der Waals surface area contributed by atoms with Crippen LogP contribution in [0.3, 0.4) is 0 Å². The summed E-state index contributed by atoms with van der Waals surface area (Å²) in [6.45, 7) is 1.89. The third-order valence-electron chi connectivity index (χ3n) is 4.75. The highest BCUT2D eigenvalue weighted by Gasteiger charge is 2.30. The summed E-state index contributed by atoms with van der Waals surface area (Å²) in [5, 5.41) is 17.8. The lowest BCUT2D eigenvalue weighted by atomic mass is 10.1. The van der Waals surface area contributed by atoms with Gasteiger partial charge in [-0.05, 0) is 38.0 Å². The quantitative estimate of drug-likeness (QED) is 0.255. The van der Waals surface area contributed by atoms with Crippen molar-refractivity contribution in [2.24, 2.45) is 16.9 Å². The first kappa shape index (κ1) is 17.5. The molecular formula is C15H27N7O. The molecule has 1 heterocycles. The van der Waals surface area contributed by atoms with Gasteiger partial charge < -0.3 is 16.1 Å². The van der Waals surface area contributed by atoms with Crippen molar-refractivity contribution in [3.8, 4) is 6.07 Å². The molecule has 0 aromatic carbocycles. The molecule has 2 fully saturated rings. The Hall–Kier alpha value is -1.85. The van der Waals surface area contributed by atoms with Crippen LogP contribution < -0.4 is 16.6 Å². The van der Waals surface area contributed by atoms with Gasteiger partial charge >= 0.3 is 0 Å².